The Hall–Kier alpha value is -0.740. The van der Waals surface area contributed by atoms with Gasteiger partial charge in [0.2, 0.25) is 5.13 Å². The van der Waals surface area contributed by atoms with Gasteiger partial charge in [0.1, 0.15) is 0 Å². The van der Waals surface area contributed by atoms with Crippen molar-refractivity contribution in [1.29, 1.82) is 0 Å². The number of hydrazone groups is 1. The summed E-state index contributed by atoms with van der Waals surface area (Å²) in [4.78, 5) is 4.79. The van der Waals surface area contributed by atoms with Gasteiger partial charge in [0, 0.05) is 19.2 Å². The lowest BCUT2D eigenvalue weighted by Crippen LogP contribution is -2.18. The van der Waals surface area contributed by atoms with Crippen LogP contribution in [0.2, 0.25) is 0 Å². The molecule has 0 unspecified atom stereocenters. The summed E-state index contributed by atoms with van der Waals surface area (Å²) in [5.41, 5.74) is 2.20. The molecule has 26 heavy (non-hydrogen) atoms. The maximum atomic E-state index is 4.81. The molecule has 0 bridgehead atoms. The largest absolute Gasteiger partial charge is 0.239 e. The maximum absolute atomic E-state index is 4.81. The van der Waals surface area contributed by atoms with E-state index in [-0.39, 0.29) is 0 Å². The fourth-order valence-electron chi connectivity index (χ4n) is 2.61. The summed E-state index contributed by atoms with van der Waals surface area (Å²) in [5.74, 6) is 0. The van der Waals surface area contributed by atoms with Gasteiger partial charge in [-0.1, -0.05) is 49.7 Å². The Morgan fingerprint density at radius 3 is 2.77 bits per heavy atom. The van der Waals surface area contributed by atoms with Gasteiger partial charge in [0.15, 0.2) is 0 Å². The molecule has 3 rings (SSSR count). The molecule has 1 heterocycles. The van der Waals surface area contributed by atoms with E-state index < -0.39 is 0 Å². The Balaban J connectivity index is 1.84. The SMILES string of the molecule is CCCCCCN(/N=C/c1cc(I)ccc1I)c1nc2ccccc2s1. The van der Waals surface area contributed by atoms with E-state index in [0.29, 0.717) is 0 Å². The molecule has 6 heteroatoms. The number of fused-ring (bicyclic) bond motifs is 1. The average molecular weight is 589 g/mol. The molecule has 0 amide bonds. The summed E-state index contributed by atoms with van der Waals surface area (Å²) in [6.07, 6.45) is 6.84. The lowest BCUT2D eigenvalue weighted by atomic mass is 10.2. The molecule has 0 N–H and O–H groups in total. The van der Waals surface area contributed by atoms with Crippen LogP contribution in [0.1, 0.15) is 38.2 Å². The summed E-state index contributed by atoms with van der Waals surface area (Å²) in [5, 5.41) is 7.84. The summed E-state index contributed by atoms with van der Waals surface area (Å²) in [7, 11) is 0. The third kappa shape index (κ3) is 5.39. The molecule has 0 saturated heterocycles. The van der Waals surface area contributed by atoms with Crippen molar-refractivity contribution in [2.75, 3.05) is 11.6 Å². The molecule has 3 aromatic rings. The van der Waals surface area contributed by atoms with Crippen LogP contribution in [0.25, 0.3) is 10.2 Å². The van der Waals surface area contributed by atoms with E-state index in [4.69, 9.17) is 10.1 Å². The Morgan fingerprint density at radius 1 is 1.12 bits per heavy atom. The van der Waals surface area contributed by atoms with Gasteiger partial charge in [-0.2, -0.15) is 5.10 Å². The molecule has 0 saturated carbocycles. The minimum Gasteiger partial charge on any atom is -0.239 e. The van der Waals surface area contributed by atoms with Crippen molar-refractivity contribution in [1.82, 2.24) is 4.98 Å². The molecule has 0 aliphatic carbocycles. The topological polar surface area (TPSA) is 28.5 Å². The first-order chi connectivity index (χ1) is 12.7. The van der Waals surface area contributed by atoms with Gasteiger partial charge in [0.25, 0.3) is 0 Å². The molecule has 2 aromatic carbocycles. The highest BCUT2D eigenvalue weighted by molar-refractivity contribution is 14.1. The number of rotatable bonds is 8. The Labute approximate surface area is 186 Å². The summed E-state index contributed by atoms with van der Waals surface area (Å²) >= 11 is 6.42. The van der Waals surface area contributed by atoms with Gasteiger partial charge < -0.3 is 0 Å². The highest BCUT2D eigenvalue weighted by atomic mass is 127. The number of para-hydroxylation sites is 1. The van der Waals surface area contributed by atoms with Crippen LogP contribution in [0, 0.1) is 7.14 Å². The molecule has 3 nitrogen and oxygen atoms in total. The first kappa shape index (κ1) is 20.0. The van der Waals surface area contributed by atoms with Gasteiger partial charge in [-0.05, 0) is 81.9 Å². The van der Waals surface area contributed by atoms with Crippen molar-refractivity contribution < 1.29 is 0 Å². The molecular weight excluding hydrogens is 568 g/mol. The van der Waals surface area contributed by atoms with E-state index >= 15 is 0 Å². The molecule has 1 aromatic heterocycles. The van der Waals surface area contributed by atoms with Gasteiger partial charge in [-0.25, -0.2) is 9.99 Å². The number of anilines is 1. The molecule has 0 radical (unpaired) electrons. The van der Waals surface area contributed by atoms with E-state index in [1.807, 2.05) is 12.3 Å². The highest BCUT2D eigenvalue weighted by Crippen LogP contribution is 2.29. The van der Waals surface area contributed by atoms with E-state index in [1.54, 1.807) is 11.3 Å². The van der Waals surface area contributed by atoms with Crippen LogP contribution in [0.5, 0.6) is 0 Å². The number of nitrogens with zero attached hydrogens (tertiary/aromatic N) is 3. The second-order valence-corrected chi connectivity index (χ2v) is 9.48. The normalized spacial score (nSPS) is 11.5. The molecule has 0 spiro atoms. The maximum Gasteiger partial charge on any atom is 0.207 e. The van der Waals surface area contributed by atoms with Crippen molar-refractivity contribution in [2.45, 2.75) is 32.6 Å². The smallest absolute Gasteiger partial charge is 0.207 e. The van der Waals surface area contributed by atoms with Crippen LogP contribution in [-0.4, -0.2) is 17.7 Å². The zero-order chi connectivity index (χ0) is 18.4. The fourth-order valence-corrected chi connectivity index (χ4v) is 4.55. The lowest BCUT2D eigenvalue weighted by Gasteiger charge is -2.15. The summed E-state index contributed by atoms with van der Waals surface area (Å²) < 4.78 is 3.64. The Morgan fingerprint density at radius 2 is 1.96 bits per heavy atom. The molecule has 0 fully saturated rings. The van der Waals surface area contributed by atoms with Crippen molar-refractivity contribution in [3.05, 3.63) is 55.2 Å². The van der Waals surface area contributed by atoms with Gasteiger partial charge in [-0.3, -0.25) is 0 Å². The van der Waals surface area contributed by atoms with Crippen LogP contribution < -0.4 is 5.01 Å². The quantitative estimate of drug-likeness (QED) is 0.124. The molecule has 0 aliphatic rings. The van der Waals surface area contributed by atoms with E-state index in [1.165, 1.54) is 31.1 Å². The number of halogens is 2. The molecule has 0 aliphatic heterocycles. The van der Waals surface area contributed by atoms with Crippen molar-refractivity contribution in [3.8, 4) is 0 Å². The van der Waals surface area contributed by atoms with Gasteiger partial charge >= 0.3 is 0 Å². The molecular formula is C20H21I2N3S. The van der Waals surface area contributed by atoms with Gasteiger partial charge in [-0.15, -0.1) is 0 Å². The van der Waals surface area contributed by atoms with E-state index in [0.717, 1.165) is 29.2 Å². The number of unbranched alkanes of at least 4 members (excludes halogenated alkanes) is 3. The number of hydrogen-bond acceptors (Lipinski definition) is 4. The van der Waals surface area contributed by atoms with Gasteiger partial charge in [0.05, 0.1) is 16.4 Å². The van der Waals surface area contributed by atoms with Crippen LogP contribution in [-0.2, 0) is 0 Å². The average Bonchev–Trinajstić information content (AvgIpc) is 3.07. The van der Waals surface area contributed by atoms with Crippen LogP contribution in [0.15, 0.2) is 47.6 Å². The van der Waals surface area contributed by atoms with Crippen LogP contribution in [0.4, 0.5) is 5.13 Å². The standard InChI is InChI=1S/C20H21I2N3S/c1-2-3-4-7-12-25(20-24-18-8-5-6-9-19(18)26-20)23-14-15-13-16(21)10-11-17(15)22/h5-6,8-11,13-14H,2-4,7,12H2,1H3/b23-14+. The fraction of sp³-hybridized carbons (Fsp3) is 0.300. The first-order valence-corrected chi connectivity index (χ1v) is 11.8. The monoisotopic (exact) mass is 589 g/mol. The zero-order valence-electron chi connectivity index (χ0n) is 14.7. The van der Waals surface area contributed by atoms with E-state index in [9.17, 15) is 0 Å². The van der Waals surface area contributed by atoms with Crippen molar-refractivity contribution in [2.24, 2.45) is 5.10 Å². The minimum atomic E-state index is 0.900. The first-order valence-electron chi connectivity index (χ1n) is 8.79. The Bertz CT molecular complexity index is 859. The van der Waals surface area contributed by atoms with E-state index in [2.05, 4.69) is 93.5 Å². The molecule has 136 valence electrons. The third-order valence-electron chi connectivity index (χ3n) is 4.02. The second kappa shape index (κ2) is 9.98. The van der Waals surface area contributed by atoms with Crippen LogP contribution >= 0.6 is 56.5 Å². The predicted molar refractivity (Wildman–Crippen MR) is 131 cm³/mol. The zero-order valence-corrected chi connectivity index (χ0v) is 19.8. The number of hydrogen-bond donors (Lipinski definition) is 0. The minimum absolute atomic E-state index is 0.900. The van der Waals surface area contributed by atoms with Crippen LogP contribution in [0.3, 0.4) is 0 Å². The predicted octanol–water partition coefficient (Wildman–Crippen LogP) is 6.93. The Kier molecular flexibility index (Phi) is 7.68. The summed E-state index contributed by atoms with van der Waals surface area (Å²) in [6, 6.07) is 14.7. The van der Waals surface area contributed by atoms with Crippen molar-refractivity contribution in [3.63, 3.8) is 0 Å². The molecule has 0 atom stereocenters. The number of aromatic nitrogens is 1. The summed E-state index contributed by atoms with van der Waals surface area (Å²) in [6.45, 7) is 3.14. The lowest BCUT2D eigenvalue weighted by molar-refractivity contribution is 0.651. The van der Waals surface area contributed by atoms with Crippen molar-refractivity contribution >= 4 is 78.1 Å². The second-order valence-electron chi connectivity index (χ2n) is 6.06. The highest BCUT2D eigenvalue weighted by Gasteiger charge is 2.11. The number of benzene rings is 2. The third-order valence-corrected chi connectivity index (χ3v) is 6.72. The number of thiazole rings is 1.